The van der Waals surface area contributed by atoms with Gasteiger partial charge in [0.2, 0.25) is 6.29 Å². The third kappa shape index (κ3) is 4.21. The Bertz CT molecular complexity index is 1220. The minimum atomic E-state index is -1.56. The van der Waals surface area contributed by atoms with E-state index >= 15 is 0 Å². The van der Waals surface area contributed by atoms with Gasteiger partial charge in [0.15, 0.2) is 16.9 Å². The molecule has 1 fully saturated rings. The van der Waals surface area contributed by atoms with Crippen molar-refractivity contribution in [3.05, 3.63) is 46.6 Å². The van der Waals surface area contributed by atoms with Crippen LogP contribution in [0.3, 0.4) is 0 Å². The molecule has 0 spiro atoms. The molecule has 5 atom stereocenters. The number of aliphatic hydroxyl groups excluding tert-OH is 3. The number of aromatic hydroxyl groups is 1. The Balaban J connectivity index is 1.79. The minimum Gasteiger partial charge on any atom is -0.504 e. The largest absolute Gasteiger partial charge is 0.504 e. The maximum Gasteiger partial charge on any atom is 0.229 e. The van der Waals surface area contributed by atoms with Gasteiger partial charge < -0.3 is 43.8 Å². The Labute approximate surface area is 188 Å². The molecule has 0 unspecified atom stereocenters. The summed E-state index contributed by atoms with van der Waals surface area (Å²) >= 11 is 0. The van der Waals surface area contributed by atoms with Crippen molar-refractivity contribution in [2.45, 2.75) is 37.6 Å². The number of phenols is 1. The molecule has 4 N–H and O–H groups in total. The van der Waals surface area contributed by atoms with Crippen molar-refractivity contribution < 1.29 is 43.8 Å². The Morgan fingerprint density at radius 1 is 0.909 bits per heavy atom. The van der Waals surface area contributed by atoms with Crippen molar-refractivity contribution in [2.75, 3.05) is 14.2 Å². The monoisotopic (exact) mass is 460 g/mol. The van der Waals surface area contributed by atoms with E-state index in [0.29, 0.717) is 11.3 Å². The summed E-state index contributed by atoms with van der Waals surface area (Å²) in [5.74, 6) is 0.677. The molecule has 2 aromatic carbocycles. The van der Waals surface area contributed by atoms with E-state index in [1.165, 1.54) is 51.5 Å². The topological polar surface area (TPSA) is 148 Å². The molecule has 33 heavy (non-hydrogen) atoms. The van der Waals surface area contributed by atoms with Crippen LogP contribution in [0.2, 0.25) is 0 Å². The first kappa shape index (κ1) is 22.9. The van der Waals surface area contributed by atoms with Gasteiger partial charge in [0.05, 0.1) is 20.3 Å². The van der Waals surface area contributed by atoms with Gasteiger partial charge in [-0.3, -0.25) is 4.79 Å². The van der Waals surface area contributed by atoms with Crippen LogP contribution in [0.5, 0.6) is 23.0 Å². The molecule has 0 saturated carbocycles. The number of ether oxygens (including phenoxy) is 4. The first-order valence-corrected chi connectivity index (χ1v) is 10.1. The zero-order valence-corrected chi connectivity index (χ0v) is 18.1. The first-order chi connectivity index (χ1) is 15.7. The lowest BCUT2D eigenvalue weighted by Crippen LogP contribution is -2.58. The molecular formula is C23H24O10. The van der Waals surface area contributed by atoms with Crippen LogP contribution in [0.4, 0.5) is 0 Å². The molecule has 0 radical (unpaired) electrons. The summed E-state index contributed by atoms with van der Waals surface area (Å²) in [6.07, 6.45) is -6.53. The van der Waals surface area contributed by atoms with Gasteiger partial charge in [-0.15, -0.1) is 0 Å². The Morgan fingerprint density at radius 3 is 2.36 bits per heavy atom. The van der Waals surface area contributed by atoms with Gasteiger partial charge in [-0.25, -0.2) is 0 Å². The summed E-state index contributed by atoms with van der Waals surface area (Å²) in [5, 5.41) is 40.1. The van der Waals surface area contributed by atoms with Crippen LogP contribution in [0.1, 0.15) is 6.92 Å². The van der Waals surface area contributed by atoms with Gasteiger partial charge in [0.1, 0.15) is 46.5 Å². The van der Waals surface area contributed by atoms with Crippen LogP contribution in [-0.4, -0.2) is 65.4 Å². The SMILES string of the molecule is COc1cc(O[C@@H]2O[C@@H](C)[C@H](O)[C@H](O)[C@@H]2O)c2c(=O)cc(-c3ccc(O)c(OC)c3)oc2c1. The standard InChI is InChI=1S/C23H24O10/c1-10-20(26)21(27)22(28)23(31-10)33-18-8-12(29-2)7-17-19(18)14(25)9-15(32-17)11-4-5-13(24)16(6-11)30-3/h4-10,20-24,26-28H,1-3H3/t10-,20-,21-,22-,23-/m0/s1. The Morgan fingerprint density at radius 2 is 1.67 bits per heavy atom. The number of rotatable bonds is 5. The van der Waals surface area contributed by atoms with Crippen molar-refractivity contribution in [3.8, 4) is 34.3 Å². The van der Waals surface area contributed by atoms with Crippen molar-refractivity contribution in [3.63, 3.8) is 0 Å². The predicted molar refractivity (Wildman–Crippen MR) is 116 cm³/mol. The predicted octanol–water partition coefficient (Wildman–Crippen LogP) is 1.39. The Kier molecular flexibility index (Phi) is 6.17. The fourth-order valence-electron chi connectivity index (χ4n) is 3.65. The summed E-state index contributed by atoms with van der Waals surface area (Å²) in [7, 11) is 2.83. The van der Waals surface area contributed by atoms with Gasteiger partial charge in [-0.2, -0.15) is 0 Å². The summed E-state index contributed by atoms with van der Waals surface area (Å²) in [6.45, 7) is 1.52. The van der Waals surface area contributed by atoms with E-state index in [2.05, 4.69) is 0 Å². The van der Waals surface area contributed by atoms with Crippen LogP contribution < -0.4 is 19.6 Å². The number of hydrogen-bond donors (Lipinski definition) is 4. The highest BCUT2D eigenvalue weighted by molar-refractivity contribution is 5.86. The van der Waals surface area contributed by atoms with E-state index in [1.54, 1.807) is 6.07 Å². The van der Waals surface area contributed by atoms with Crippen molar-refractivity contribution in [1.82, 2.24) is 0 Å². The van der Waals surface area contributed by atoms with E-state index in [1.807, 2.05) is 0 Å². The summed E-state index contributed by atoms with van der Waals surface area (Å²) in [4.78, 5) is 13.1. The van der Waals surface area contributed by atoms with E-state index in [0.717, 1.165) is 0 Å². The third-order valence-corrected chi connectivity index (χ3v) is 5.52. The van der Waals surface area contributed by atoms with E-state index in [-0.39, 0.29) is 34.0 Å². The number of phenolic OH excluding ortho intramolecular Hbond substituents is 1. The summed E-state index contributed by atoms with van der Waals surface area (Å²) in [5.41, 5.74) is 0.179. The molecule has 4 rings (SSSR count). The second-order valence-electron chi connectivity index (χ2n) is 7.66. The van der Waals surface area contributed by atoms with Crippen LogP contribution in [-0.2, 0) is 4.74 Å². The van der Waals surface area contributed by atoms with Gasteiger partial charge >= 0.3 is 0 Å². The highest BCUT2D eigenvalue weighted by Crippen LogP contribution is 2.36. The smallest absolute Gasteiger partial charge is 0.229 e. The van der Waals surface area contributed by atoms with E-state index in [9.17, 15) is 25.2 Å². The van der Waals surface area contributed by atoms with Gasteiger partial charge in [0, 0.05) is 23.8 Å². The molecule has 1 aliphatic rings. The second-order valence-corrected chi connectivity index (χ2v) is 7.66. The van der Waals surface area contributed by atoms with E-state index < -0.39 is 36.1 Å². The fourth-order valence-corrected chi connectivity index (χ4v) is 3.65. The number of fused-ring (bicyclic) bond motifs is 1. The van der Waals surface area contributed by atoms with Crippen molar-refractivity contribution in [1.29, 1.82) is 0 Å². The molecular weight excluding hydrogens is 436 g/mol. The lowest BCUT2D eigenvalue weighted by atomic mass is 10.00. The van der Waals surface area contributed by atoms with Crippen molar-refractivity contribution >= 4 is 11.0 Å². The summed E-state index contributed by atoms with van der Waals surface area (Å²) < 4.78 is 27.6. The molecule has 1 saturated heterocycles. The van der Waals surface area contributed by atoms with E-state index in [4.69, 9.17) is 23.4 Å². The Hall–Kier alpha value is -3.31. The zero-order chi connectivity index (χ0) is 23.9. The maximum absolute atomic E-state index is 13.1. The molecule has 1 aliphatic heterocycles. The van der Waals surface area contributed by atoms with Crippen molar-refractivity contribution in [2.24, 2.45) is 0 Å². The molecule has 2 heterocycles. The van der Waals surface area contributed by atoms with Crippen LogP contribution >= 0.6 is 0 Å². The number of methoxy groups -OCH3 is 2. The minimum absolute atomic E-state index is 0.00720. The summed E-state index contributed by atoms with van der Waals surface area (Å²) in [6, 6.07) is 8.70. The maximum atomic E-state index is 13.1. The highest BCUT2D eigenvalue weighted by atomic mass is 16.7. The molecule has 3 aromatic rings. The first-order valence-electron chi connectivity index (χ1n) is 10.1. The zero-order valence-electron chi connectivity index (χ0n) is 18.1. The average molecular weight is 460 g/mol. The molecule has 0 amide bonds. The molecule has 0 bridgehead atoms. The lowest BCUT2D eigenvalue weighted by molar-refractivity contribution is -0.267. The van der Waals surface area contributed by atoms with Crippen LogP contribution in [0, 0.1) is 0 Å². The number of benzene rings is 2. The van der Waals surface area contributed by atoms with Crippen LogP contribution in [0.25, 0.3) is 22.3 Å². The third-order valence-electron chi connectivity index (χ3n) is 5.52. The van der Waals surface area contributed by atoms with Crippen LogP contribution in [0.15, 0.2) is 45.6 Å². The molecule has 10 heteroatoms. The number of hydrogen-bond acceptors (Lipinski definition) is 10. The van der Waals surface area contributed by atoms with Gasteiger partial charge in [-0.05, 0) is 25.1 Å². The average Bonchev–Trinajstić information content (AvgIpc) is 2.80. The molecule has 10 nitrogen and oxygen atoms in total. The molecule has 176 valence electrons. The van der Waals surface area contributed by atoms with Gasteiger partial charge in [-0.1, -0.05) is 0 Å². The quantitative estimate of drug-likeness (QED) is 0.440. The highest BCUT2D eigenvalue weighted by Gasteiger charge is 2.43. The molecule has 1 aromatic heterocycles. The van der Waals surface area contributed by atoms with Gasteiger partial charge in [0.25, 0.3) is 0 Å². The fraction of sp³-hybridized carbons (Fsp3) is 0.348. The normalized spacial score (nSPS) is 25.1. The second kappa shape index (κ2) is 8.91. The number of aliphatic hydroxyl groups is 3. The lowest BCUT2D eigenvalue weighted by Gasteiger charge is -2.39. The molecule has 0 aliphatic carbocycles.